The summed E-state index contributed by atoms with van der Waals surface area (Å²) >= 11 is 0. The average Bonchev–Trinajstić information content (AvgIpc) is 2.81. The fourth-order valence-corrected chi connectivity index (χ4v) is 4.67. The van der Waals surface area contributed by atoms with Gasteiger partial charge in [0.05, 0.1) is 18.0 Å². The number of anilines is 1. The summed E-state index contributed by atoms with van der Waals surface area (Å²) in [6.07, 6.45) is 1.08. The lowest BCUT2D eigenvalue weighted by Crippen LogP contribution is -2.42. The van der Waals surface area contributed by atoms with Crippen molar-refractivity contribution < 1.29 is 22.7 Å². The number of hydrogen-bond acceptors (Lipinski definition) is 5. The predicted molar refractivity (Wildman–Crippen MR) is 127 cm³/mol. The van der Waals surface area contributed by atoms with Crippen molar-refractivity contribution >= 4 is 21.6 Å². The van der Waals surface area contributed by atoms with Gasteiger partial charge in [-0.05, 0) is 35.7 Å². The lowest BCUT2D eigenvalue weighted by molar-refractivity contribution is -0.120. The standard InChI is InChI=1S/C25H26N2O5S/c1-18-8-6-7-11-21(18)25(19-9-4-3-5-10-19)26-24(28)17-27(33(2,29)30)20-12-13-22-23(16-20)32-15-14-31-22/h3-13,16,25H,14-15,17H2,1-2H3,(H,26,28)/t25-/m0/s1. The summed E-state index contributed by atoms with van der Waals surface area (Å²) in [5.41, 5.74) is 3.22. The second kappa shape index (κ2) is 9.54. The lowest BCUT2D eigenvalue weighted by Gasteiger charge is -2.26. The van der Waals surface area contributed by atoms with Crippen LogP contribution in [0.3, 0.4) is 0 Å². The van der Waals surface area contributed by atoms with Crippen molar-refractivity contribution in [2.75, 3.05) is 30.3 Å². The fraction of sp³-hybridized carbons (Fsp3) is 0.240. The number of aryl methyl sites for hydroxylation is 1. The molecular weight excluding hydrogens is 440 g/mol. The fourth-order valence-electron chi connectivity index (χ4n) is 3.82. The molecule has 172 valence electrons. The van der Waals surface area contributed by atoms with Crippen molar-refractivity contribution in [2.24, 2.45) is 0 Å². The SMILES string of the molecule is Cc1ccccc1[C@@H](NC(=O)CN(c1ccc2c(c1)OCCO2)S(C)(=O)=O)c1ccccc1. The van der Waals surface area contributed by atoms with E-state index < -0.39 is 22.0 Å². The van der Waals surface area contributed by atoms with Crippen LogP contribution in [0.25, 0.3) is 0 Å². The molecular formula is C25H26N2O5S. The average molecular weight is 467 g/mol. The van der Waals surface area contributed by atoms with Gasteiger partial charge in [0.2, 0.25) is 15.9 Å². The third-order valence-corrected chi connectivity index (χ3v) is 6.58. The summed E-state index contributed by atoms with van der Waals surface area (Å²) < 4.78 is 37.3. The Morgan fingerprint density at radius 3 is 2.33 bits per heavy atom. The molecule has 1 aliphatic heterocycles. The van der Waals surface area contributed by atoms with E-state index in [2.05, 4.69) is 5.32 Å². The molecule has 1 atom stereocenters. The van der Waals surface area contributed by atoms with Gasteiger partial charge in [-0.15, -0.1) is 0 Å². The molecule has 0 saturated heterocycles. The Kier molecular flexibility index (Phi) is 6.55. The van der Waals surface area contributed by atoms with Gasteiger partial charge < -0.3 is 14.8 Å². The summed E-state index contributed by atoms with van der Waals surface area (Å²) in [4.78, 5) is 13.2. The van der Waals surface area contributed by atoms with Crippen LogP contribution in [0.2, 0.25) is 0 Å². The van der Waals surface area contributed by atoms with Crippen LogP contribution in [0.15, 0.2) is 72.8 Å². The molecule has 4 rings (SSSR count). The van der Waals surface area contributed by atoms with E-state index in [9.17, 15) is 13.2 Å². The van der Waals surface area contributed by atoms with E-state index in [4.69, 9.17) is 9.47 Å². The molecule has 0 unspecified atom stereocenters. The third kappa shape index (κ3) is 5.28. The molecule has 33 heavy (non-hydrogen) atoms. The number of rotatable bonds is 7. The quantitative estimate of drug-likeness (QED) is 0.577. The number of carbonyl (C=O) groups excluding carboxylic acids is 1. The summed E-state index contributed by atoms with van der Waals surface area (Å²) in [5.74, 6) is 0.578. The van der Waals surface area contributed by atoms with Gasteiger partial charge in [0, 0.05) is 6.07 Å². The maximum absolute atomic E-state index is 13.2. The Morgan fingerprint density at radius 1 is 0.970 bits per heavy atom. The highest BCUT2D eigenvalue weighted by molar-refractivity contribution is 7.92. The number of hydrogen-bond donors (Lipinski definition) is 1. The van der Waals surface area contributed by atoms with Crippen LogP contribution in [-0.2, 0) is 14.8 Å². The van der Waals surface area contributed by atoms with Gasteiger partial charge in [-0.2, -0.15) is 0 Å². The van der Waals surface area contributed by atoms with Crippen LogP contribution in [0.5, 0.6) is 11.5 Å². The first-order chi connectivity index (χ1) is 15.8. The van der Waals surface area contributed by atoms with E-state index in [-0.39, 0.29) is 6.54 Å². The van der Waals surface area contributed by atoms with Gasteiger partial charge in [-0.25, -0.2) is 8.42 Å². The Labute approximate surface area is 194 Å². The highest BCUT2D eigenvalue weighted by atomic mass is 32.2. The van der Waals surface area contributed by atoms with Crippen molar-refractivity contribution in [3.8, 4) is 11.5 Å². The van der Waals surface area contributed by atoms with Crippen LogP contribution in [-0.4, -0.2) is 40.3 Å². The topological polar surface area (TPSA) is 84.9 Å². The largest absolute Gasteiger partial charge is 0.486 e. The molecule has 3 aromatic carbocycles. The summed E-state index contributed by atoms with van der Waals surface area (Å²) in [5, 5.41) is 3.02. The van der Waals surface area contributed by atoms with Crippen molar-refractivity contribution in [3.05, 3.63) is 89.5 Å². The monoisotopic (exact) mass is 466 g/mol. The van der Waals surface area contributed by atoms with E-state index >= 15 is 0 Å². The van der Waals surface area contributed by atoms with Crippen LogP contribution in [0, 0.1) is 6.92 Å². The van der Waals surface area contributed by atoms with Gasteiger partial charge >= 0.3 is 0 Å². The molecule has 3 aromatic rings. The molecule has 1 amide bonds. The second-order valence-corrected chi connectivity index (χ2v) is 9.77. The molecule has 7 nitrogen and oxygen atoms in total. The maximum Gasteiger partial charge on any atom is 0.241 e. The molecule has 0 aliphatic carbocycles. The van der Waals surface area contributed by atoms with Crippen molar-refractivity contribution in [1.82, 2.24) is 5.32 Å². The molecule has 0 radical (unpaired) electrons. The molecule has 1 heterocycles. The molecule has 0 bridgehead atoms. The van der Waals surface area contributed by atoms with Crippen molar-refractivity contribution in [3.63, 3.8) is 0 Å². The molecule has 0 aromatic heterocycles. The molecule has 1 aliphatic rings. The van der Waals surface area contributed by atoms with Crippen LogP contribution < -0.4 is 19.1 Å². The predicted octanol–water partition coefficient (Wildman–Crippen LogP) is 3.44. The number of nitrogens with one attached hydrogen (secondary N) is 1. The van der Waals surface area contributed by atoms with E-state index in [0.29, 0.717) is 30.4 Å². The second-order valence-electron chi connectivity index (χ2n) is 7.87. The highest BCUT2D eigenvalue weighted by Crippen LogP contribution is 2.34. The van der Waals surface area contributed by atoms with Gasteiger partial charge in [-0.1, -0.05) is 54.6 Å². The summed E-state index contributed by atoms with van der Waals surface area (Å²) in [6.45, 7) is 2.43. The summed E-state index contributed by atoms with van der Waals surface area (Å²) in [7, 11) is -3.74. The van der Waals surface area contributed by atoms with E-state index in [0.717, 1.165) is 27.3 Å². The minimum atomic E-state index is -3.74. The lowest BCUT2D eigenvalue weighted by atomic mass is 9.95. The maximum atomic E-state index is 13.2. The van der Waals surface area contributed by atoms with E-state index in [1.54, 1.807) is 18.2 Å². The highest BCUT2D eigenvalue weighted by Gasteiger charge is 2.25. The zero-order valence-electron chi connectivity index (χ0n) is 18.5. The van der Waals surface area contributed by atoms with Crippen LogP contribution >= 0.6 is 0 Å². The zero-order chi connectivity index (χ0) is 23.4. The normalized spacial score (nSPS) is 13.8. The van der Waals surface area contributed by atoms with Crippen LogP contribution in [0.4, 0.5) is 5.69 Å². The van der Waals surface area contributed by atoms with E-state index in [1.807, 2.05) is 61.5 Å². The van der Waals surface area contributed by atoms with Gasteiger partial charge in [0.15, 0.2) is 11.5 Å². The Balaban J connectivity index is 1.62. The van der Waals surface area contributed by atoms with Gasteiger partial charge in [-0.3, -0.25) is 9.10 Å². The number of nitrogens with zero attached hydrogens (tertiary/aromatic N) is 1. The number of amides is 1. The Bertz CT molecular complexity index is 1240. The first-order valence-electron chi connectivity index (χ1n) is 10.6. The van der Waals surface area contributed by atoms with Crippen LogP contribution in [0.1, 0.15) is 22.7 Å². The molecule has 0 saturated carbocycles. The van der Waals surface area contributed by atoms with Crippen molar-refractivity contribution in [1.29, 1.82) is 0 Å². The molecule has 0 fully saturated rings. The smallest absolute Gasteiger partial charge is 0.241 e. The molecule has 8 heteroatoms. The number of fused-ring (bicyclic) bond motifs is 1. The summed E-state index contributed by atoms with van der Waals surface area (Å²) in [6, 6.07) is 21.8. The Morgan fingerprint density at radius 2 is 1.64 bits per heavy atom. The molecule has 0 spiro atoms. The minimum Gasteiger partial charge on any atom is -0.486 e. The number of carbonyl (C=O) groups is 1. The Hall–Kier alpha value is -3.52. The number of benzene rings is 3. The van der Waals surface area contributed by atoms with Gasteiger partial charge in [0.1, 0.15) is 19.8 Å². The zero-order valence-corrected chi connectivity index (χ0v) is 19.3. The minimum absolute atomic E-state index is 0.337. The van der Waals surface area contributed by atoms with Gasteiger partial charge in [0.25, 0.3) is 0 Å². The number of ether oxygens (including phenoxy) is 2. The first kappa shape index (κ1) is 22.7. The molecule has 1 N–H and O–H groups in total. The third-order valence-electron chi connectivity index (χ3n) is 5.44. The number of sulfonamides is 1. The first-order valence-corrected chi connectivity index (χ1v) is 12.4. The van der Waals surface area contributed by atoms with Crippen molar-refractivity contribution in [2.45, 2.75) is 13.0 Å². The van der Waals surface area contributed by atoms with E-state index in [1.165, 1.54) is 0 Å².